The molecule has 0 N–H and O–H groups in total. The molecule has 0 aromatic carbocycles. The maximum Gasteiger partial charge on any atom is 0.140 e. The zero-order valence-electron chi connectivity index (χ0n) is 6.60. The molecule has 2 unspecified atom stereocenters. The van der Waals surface area contributed by atoms with E-state index in [1.807, 2.05) is 0 Å². The van der Waals surface area contributed by atoms with E-state index in [2.05, 4.69) is 13.2 Å². The third-order valence-electron chi connectivity index (χ3n) is 2.97. The van der Waals surface area contributed by atoms with Gasteiger partial charge in [0.05, 0.1) is 0 Å². The van der Waals surface area contributed by atoms with Gasteiger partial charge in [-0.05, 0) is 29.9 Å². The Kier molecular flexibility index (Phi) is 1.28. The Morgan fingerprint density at radius 1 is 1.18 bits per heavy atom. The number of hydrogen-bond donors (Lipinski definition) is 0. The molecule has 3 aliphatic carbocycles. The summed E-state index contributed by atoms with van der Waals surface area (Å²) in [6.45, 7) is 7.87. The molecule has 0 radical (unpaired) electrons. The molecule has 58 valence electrons. The summed E-state index contributed by atoms with van der Waals surface area (Å²) in [7, 11) is 0. The van der Waals surface area contributed by atoms with Gasteiger partial charge in [-0.3, -0.25) is 4.79 Å². The smallest absolute Gasteiger partial charge is 0.140 e. The van der Waals surface area contributed by atoms with E-state index in [1.54, 1.807) is 0 Å². The van der Waals surface area contributed by atoms with E-state index in [0.717, 1.165) is 30.4 Å². The molecule has 11 heavy (non-hydrogen) atoms. The zero-order chi connectivity index (χ0) is 8.01. The van der Waals surface area contributed by atoms with Crippen molar-refractivity contribution >= 4 is 5.78 Å². The summed E-state index contributed by atoms with van der Waals surface area (Å²) in [5.41, 5.74) is 2.15. The van der Waals surface area contributed by atoms with Crippen LogP contribution in [-0.4, -0.2) is 5.78 Å². The number of Topliss-reactive ketones (excluding diaryl/α,β-unsaturated/α-hetero) is 1. The maximum absolute atomic E-state index is 11.3. The first-order chi connectivity index (χ1) is 5.20. The predicted molar refractivity (Wildman–Crippen MR) is 44.1 cm³/mol. The molecule has 0 heterocycles. The van der Waals surface area contributed by atoms with Gasteiger partial charge in [-0.15, -0.1) is 0 Å². The fraction of sp³-hybridized carbons (Fsp3) is 0.500. The first kappa shape index (κ1) is 6.84. The molecule has 1 nitrogen and oxygen atoms in total. The highest BCUT2D eigenvalue weighted by Gasteiger charge is 2.38. The minimum absolute atomic E-state index is 0.132. The molecule has 0 aromatic rings. The summed E-state index contributed by atoms with van der Waals surface area (Å²) >= 11 is 0. The topological polar surface area (TPSA) is 17.1 Å². The van der Waals surface area contributed by atoms with Crippen LogP contribution in [0.4, 0.5) is 0 Å². The molecule has 2 bridgehead atoms. The van der Waals surface area contributed by atoms with Gasteiger partial charge < -0.3 is 0 Å². The van der Waals surface area contributed by atoms with E-state index in [-0.39, 0.29) is 5.92 Å². The van der Waals surface area contributed by atoms with Crippen molar-refractivity contribution in [3.05, 3.63) is 24.3 Å². The molecule has 0 saturated heterocycles. The second kappa shape index (κ2) is 2.07. The lowest BCUT2D eigenvalue weighted by molar-refractivity contribution is -0.125. The van der Waals surface area contributed by atoms with Crippen molar-refractivity contribution < 1.29 is 4.79 Å². The maximum atomic E-state index is 11.3. The Bertz CT molecular complexity index is 250. The van der Waals surface area contributed by atoms with Gasteiger partial charge in [-0.25, -0.2) is 0 Å². The lowest BCUT2D eigenvalue weighted by Gasteiger charge is -2.38. The number of hydrogen-bond acceptors (Lipinski definition) is 1. The van der Waals surface area contributed by atoms with Gasteiger partial charge in [0, 0.05) is 12.3 Å². The Morgan fingerprint density at radius 3 is 2.36 bits per heavy atom. The quantitative estimate of drug-likeness (QED) is 0.514. The Labute approximate surface area is 66.8 Å². The summed E-state index contributed by atoms with van der Waals surface area (Å²) in [6, 6.07) is 0. The number of rotatable bonds is 0. The van der Waals surface area contributed by atoms with Crippen LogP contribution in [0.25, 0.3) is 0 Å². The second-order valence-corrected chi connectivity index (χ2v) is 3.55. The highest BCUT2D eigenvalue weighted by Crippen LogP contribution is 2.44. The fourth-order valence-corrected chi connectivity index (χ4v) is 2.17. The van der Waals surface area contributed by atoms with Gasteiger partial charge >= 0.3 is 0 Å². The van der Waals surface area contributed by atoms with Gasteiger partial charge in [0.2, 0.25) is 0 Å². The lowest BCUT2D eigenvalue weighted by Crippen LogP contribution is -2.34. The first-order valence-corrected chi connectivity index (χ1v) is 4.11. The number of allylic oxidation sites excluding steroid dienone is 2. The lowest BCUT2D eigenvalue weighted by atomic mass is 9.65. The van der Waals surface area contributed by atoms with Crippen molar-refractivity contribution in [2.75, 3.05) is 0 Å². The molecule has 0 amide bonds. The van der Waals surface area contributed by atoms with Crippen molar-refractivity contribution in [3.8, 4) is 0 Å². The van der Waals surface area contributed by atoms with Crippen LogP contribution >= 0.6 is 0 Å². The Balaban J connectivity index is 2.37. The number of ketones is 1. The minimum atomic E-state index is 0.132. The molecule has 1 heteroatoms. The molecule has 3 fully saturated rings. The Hall–Kier alpha value is -0.850. The van der Waals surface area contributed by atoms with Crippen molar-refractivity contribution in [2.45, 2.75) is 19.3 Å². The van der Waals surface area contributed by atoms with Crippen LogP contribution < -0.4 is 0 Å². The largest absolute Gasteiger partial charge is 0.299 e. The zero-order valence-corrected chi connectivity index (χ0v) is 6.60. The number of fused-ring (bicyclic) bond motifs is 3. The molecule has 3 rings (SSSR count). The molecule has 3 saturated carbocycles. The number of carbonyl (C=O) groups excluding carboxylic acids is 1. The highest BCUT2D eigenvalue weighted by molar-refractivity contribution is 5.88. The van der Waals surface area contributed by atoms with Crippen LogP contribution in [0.3, 0.4) is 0 Å². The van der Waals surface area contributed by atoms with Gasteiger partial charge in [-0.1, -0.05) is 13.2 Å². The minimum Gasteiger partial charge on any atom is -0.299 e. The van der Waals surface area contributed by atoms with Crippen LogP contribution in [0.2, 0.25) is 0 Å². The van der Waals surface area contributed by atoms with Gasteiger partial charge in [0.25, 0.3) is 0 Å². The SMILES string of the molecule is C=C1C(=C)C2CCC1CC2=O. The summed E-state index contributed by atoms with van der Waals surface area (Å²) < 4.78 is 0. The van der Waals surface area contributed by atoms with Crippen molar-refractivity contribution in [2.24, 2.45) is 11.8 Å². The third kappa shape index (κ3) is 0.802. The van der Waals surface area contributed by atoms with Crippen LogP contribution in [0.1, 0.15) is 19.3 Å². The van der Waals surface area contributed by atoms with E-state index in [0.29, 0.717) is 11.7 Å². The molecule has 2 atom stereocenters. The van der Waals surface area contributed by atoms with Gasteiger partial charge in [-0.2, -0.15) is 0 Å². The van der Waals surface area contributed by atoms with E-state index in [4.69, 9.17) is 0 Å². The van der Waals surface area contributed by atoms with Crippen LogP contribution in [-0.2, 0) is 4.79 Å². The van der Waals surface area contributed by atoms with E-state index in [9.17, 15) is 4.79 Å². The molecular formula is C10H12O. The van der Waals surface area contributed by atoms with Crippen LogP contribution in [0.15, 0.2) is 24.3 Å². The van der Waals surface area contributed by atoms with Crippen molar-refractivity contribution in [1.29, 1.82) is 0 Å². The normalized spacial score (nSPS) is 36.5. The van der Waals surface area contributed by atoms with Crippen LogP contribution in [0, 0.1) is 11.8 Å². The molecule has 0 spiro atoms. The standard InChI is InChI=1S/C10H12O/c1-6-7(2)9-4-3-8(6)5-10(9)11/h8-9H,1-5H2. The molecule has 3 aliphatic rings. The molecule has 0 aromatic heterocycles. The summed E-state index contributed by atoms with van der Waals surface area (Å²) in [6.07, 6.45) is 2.89. The fourth-order valence-electron chi connectivity index (χ4n) is 2.17. The van der Waals surface area contributed by atoms with Gasteiger partial charge in [0.15, 0.2) is 0 Å². The summed E-state index contributed by atoms with van der Waals surface area (Å²) in [4.78, 5) is 11.3. The predicted octanol–water partition coefficient (Wildman–Crippen LogP) is 2.10. The van der Waals surface area contributed by atoms with E-state index in [1.165, 1.54) is 0 Å². The summed E-state index contributed by atoms with van der Waals surface area (Å²) in [5.74, 6) is 0.950. The molecular weight excluding hydrogens is 136 g/mol. The highest BCUT2D eigenvalue weighted by atomic mass is 16.1. The first-order valence-electron chi connectivity index (χ1n) is 4.11. The average Bonchev–Trinajstić information content (AvgIpc) is 1.99. The monoisotopic (exact) mass is 148 g/mol. The third-order valence-corrected chi connectivity index (χ3v) is 2.97. The average molecular weight is 148 g/mol. The molecule has 0 aliphatic heterocycles. The van der Waals surface area contributed by atoms with Crippen LogP contribution in [0.5, 0.6) is 0 Å². The van der Waals surface area contributed by atoms with E-state index < -0.39 is 0 Å². The summed E-state index contributed by atoms with van der Waals surface area (Å²) in [5, 5.41) is 0. The number of carbonyl (C=O) groups is 1. The van der Waals surface area contributed by atoms with Crippen molar-refractivity contribution in [3.63, 3.8) is 0 Å². The van der Waals surface area contributed by atoms with E-state index >= 15 is 0 Å². The van der Waals surface area contributed by atoms with Crippen molar-refractivity contribution in [1.82, 2.24) is 0 Å². The van der Waals surface area contributed by atoms with Gasteiger partial charge in [0.1, 0.15) is 5.78 Å². The second-order valence-electron chi connectivity index (χ2n) is 3.55. The Morgan fingerprint density at radius 2 is 1.91 bits per heavy atom.